The maximum absolute atomic E-state index is 12.1. The average molecular weight is 288 g/mol. The predicted octanol–water partition coefficient (Wildman–Crippen LogP) is 0.879. The van der Waals surface area contributed by atoms with Gasteiger partial charge < -0.3 is 11.1 Å². The highest BCUT2D eigenvalue weighted by atomic mass is 16.2. The van der Waals surface area contributed by atoms with Gasteiger partial charge in [-0.1, -0.05) is 32.0 Å². The van der Waals surface area contributed by atoms with Crippen molar-refractivity contribution in [1.29, 1.82) is 0 Å². The van der Waals surface area contributed by atoms with Gasteiger partial charge in [-0.15, -0.1) is 0 Å². The molecule has 1 aliphatic rings. The second kappa shape index (κ2) is 6.39. The lowest BCUT2D eigenvalue weighted by Crippen LogP contribution is -2.40. The van der Waals surface area contributed by atoms with E-state index in [4.69, 9.17) is 5.73 Å². The van der Waals surface area contributed by atoms with Crippen LogP contribution < -0.4 is 16.1 Å². The molecular weight excluding hydrogens is 268 g/mol. The second-order valence-corrected chi connectivity index (χ2v) is 5.45. The van der Waals surface area contributed by atoms with Crippen LogP contribution in [0.3, 0.4) is 0 Å². The first-order chi connectivity index (χ1) is 9.99. The maximum Gasteiger partial charge on any atom is 0.267 e. The van der Waals surface area contributed by atoms with Gasteiger partial charge in [0.05, 0.1) is 5.69 Å². The van der Waals surface area contributed by atoms with Crippen LogP contribution in [-0.4, -0.2) is 30.1 Å². The molecule has 0 saturated carbocycles. The van der Waals surface area contributed by atoms with Gasteiger partial charge in [0.2, 0.25) is 5.91 Å². The molecule has 1 aliphatic heterocycles. The smallest absolute Gasteiger partial charge is 0.267 e. The minimum absolute atomic E-state index is 0.230. The number of hydrogen-bond donors (Lipinski definition) is 2. The molecule has 1 aromatic rings. The summed E-state index contributed by atoms with van der Waals surface area (Å²) < 4.78 is 0. The third-order valence-corrected chi connectivity index (χ3v) is 3.19. The number of nitrogens with two attached hydrogens (primary N) is 1. The molecule has 6 nitrogen and oxygen atoms in total. The summed E-state index contributed by atoms with van der Waals surface area (Å²) in [4.78, 5) is 23.7. The summed E-state index contributed by atoms with van der Waals surface area (Å²) >= 11 is 0. The SMILES string of the molecule is CC(C)CNC(=O)C1=NN(c2ccccc2)C(C(N)=O)C1. The first kappa shape index (κ1) is 15.0. The van der Waals surface area contributed by atoms with E-state index in [2.05, 4.69) is 10.4 Å². The standard InChI is InChI=1S/C15H20N4O2/c1-10(2)9-17-15(21)12-8-13(14(16)20)19(18-12)11-6-4-3-5-7-11/h3-7,10,13H,8-9H2,1-2H3,(H2,16,20)(H,17,21). The first-order valence-corrected chi connectivity index (χ1v) is 6.98. The molecule has 1 aromatic carbocycles. The van der Waals surface area contributed by atoms with Gasteiger partial charge in [-0.05, 0) is 18.1 Å². The van der Waals surface area contributed by atoms with Crippen molar-refractivity contribution in [2.75, 3.05) is 11.6 Å². The van der Waals surface area contributed by atoms with Crippen molar-refractivity contribution in [3.8, 4) is 0 Å². The molecule has 6 heteroatoms. The van der Waals surface area contributed by atoms with Gasteiger partial charge in [0.25, 0.3) is 5.91 Å². The zero-order valence-corrected chi connectivity index (χ0v) is 12.2. The Morgan fingerprint density at radius 1 is 1.38 bits per heavy atom. The minimum Gasteiger partial charge on any atom is -0.368 e. The summed E-state index contributed by atoms with van der Waals surface area (Å²) in [5.74, 6) is -0.379. The van der Waals surface area contributed by atoms with E-state index in [1.807, 2.05) is 44.2 Å². The zero-order chi connectivity index (χ0) is 15.4. The highest BCUT2D eigenvalue weighted by molar-refractivity contribution is 6.40. The van der Waals surface area contributed by atoms with Crippen LogP contribution in [0.5, 0.6) is 0 Å². The third-order valence-electron chi connectivity index (χ3n) is 3.19. The molecule has 0 radical (unpaired) electrons. The van der Waals surface area contributed by atoms with Crippen LogP contribution in [0.25, 0.3) is 0 Å². The van der Waals surface area contributed by atoms with E-state index in [0.717, 1.165) is 5.69 Å². The van der Waals surface area contributed by atoms with Crippen LogP contribution in [-0.2, 0) is 9.59 Å². The van der Waals surface area contributed by atoms with Gasteiger partial charge in [0.15, 0.2) is 0 Å². The molecule has 3 N–H and O–H groups in total. The number of primary amides is 1. The summed E-state index contributed by atoms with van der Waals surface area (Å²) in [5, 5.41) is 8.60. The number of nitrogens with one attached hydrogen (secondary N) is 1. The van der Waals surface area contributed by atoms with E-state index in [1.54, 1.807) is 0 Å². The lowest BCUT2D eigenvalue weighted by atomic mass is 10.1. The van der Waals surface area contributed by atoms with E-state index >= 15 is 0 Å². The number of benzene rings is 1. The van der Waals surface area contributed by atoms with Crippen LogP contribution in [0, 0.1) is 5.92 Å². The fourth-order valence-electron chi connectivity index (χ4n) is 2.09. The summed E-state index contributed by atoms with van der Waals surface area (Å²) in [5.41, 5.74) is 6.50. The summed E-state index contributed by atoms with van der Waals surface area (Å²) in [6.45, 7) is 4.60. The van der Waals surface area contributed by atoms with Crippen molar-refractivity contribution in [2.45, 2.75) is 26.3 Å². The second-order valence-electron chi connectivity index (χ2n) is 5.45. The van der Waals surface area contributed by atoms with Crippen LogP contribution in [0.1, 0.15) is 20.3 Å². The Hall–Kier alpha value is -2.37. The summed E-state index contributed by atoms with van der Waals surface area (Å²) in [7, 11) is 0. The van der Waals surface area contributed by atoms with Gasteiger partial charge in [-0.25, -0.2) is 0 Å². The van der Waals surface area contributed by atoms with Crippen molar-refractivity contribution >= 4 is 23.2 Å². The van der Waals surface area contributed by atoms with Crippen molar-refractivity contribution < 1.29 is 9.59 Å². The molecule has 0 saturated heterocycles. The molecule has 21 heavy (non-hydrogen) atoms. The molecule has 2 rings (SSSR count). The normalized spacial score (nSPS) is 17.8. The van der Waals surface area contributed by atoms with Crippen molar-refractivity contribution in [3.63, 3.8) is 0 Å². The molecule has 0 bridgehead atoms. The van der Waals surface area contributed by atoms with Crippen molar-refractivity contribution in [2.24, 2.45) is 16.8 Å². The largest absolute Gasteiger partial charge is 0.368 e. The Labute approximate surface area is 124 Å². The number of rotatable bonds is 5. The van der Waals surface area contributed by atoms with Crippen LogP contribution >= 0.6 is 0 Å². The third kappa shape index (κ3) is 3.59. The molecular formula is C15H20N4O2. The molecule has 0 aliphatic carbocycles. The van der Waals surface area contributed by atoms with Gasteiger partial charge in [0.1, 0.15) is 11.8 Å². The fraction of sp³-hybridized carbons (Fsp3) is 0.400. The number of amides is 2. The Balaban J connectivity index is 2.17. The number of anilines is 1. The lowest BCUT2D eigenvalue weighted by Gasteiger charge is -2.20. The molecule has 0 spiro atoms. The molecule has 112 valence electrons. The molecule has 2 amide bonds. The Bertz CT molecular complexity index is 554. The number of nitrogens with zero attached hydrogens (tertiary/aromatic N) is 2. The quantitative estimate of drug-likeness (QED) is 0.843. The zero-order valence-electron chi connectivity index (χ0n) is 12.2. The molecule has 0 fully saturated rings. The minimum atomic E-state index is -0.618. The van der Waals surface area contributed by atoms with Crippen LogP contribution in [0.4, 0.5) is 5.69 Å². The van der Waals surface area contributed by atoms with Gasteiger partial charge >= 0.3 is 0 Å². The van der Waals surface area contributed by atoms with Crippen molar-refractivity contribution in [3.05, 3.63) is 30.3 Å². The maximum atomic E-state index is 12.1. The summed E-state index contributed by atoms with van der Waals surface area (Å²) in [6.07, 6.45) is 0.230. The van der Waals surface area contributed by atoms with E-state index < -0.39 is 11.9 Å². The fourth-order valence-corrected chi connectivity index (χ4v) is 2.09. The van der Waals surface area contributed by atoms with Gasteiger partial charge in [-0.3, -0.25) is 14.6 Å². The van der Waals surface area contributed by atoms with Crippen LogP contribution in [0.15, 0.2) is 35.4 Å². The van der Waals surface area contributed by atoms with Crippen molar-refractivity contribution in [1.82, 2.24) is 5.32 Å². The first-order valence-electron chi connectivity index (χ1n) is 6.98. The molecule has 1 heterocycles. The van der Waals surface area contributed by atoms with Gasteiger partial charge in [-0.2, -0.15) is 5.10 Å². The predicted molar refractivity (Wildman–Crippen MR) is 81.8 cm³/mol. The molecule has 1 unspecified atom stereocenters. The number of carbonyl (C=O) groups excluding carboxylic acids is 2. The Kier molecular flexibility index (Phi) is 4.57. The number of hydrazone groups is 1. The van der Waals surface area contributed by atoms with E-state index in [-0.39, 0.29) is 12.3 Å². The highest BCUT2D eigenvalue weighted by Crippen LogP contribution is 2.24. The number of hydrogen-bond acceptors (Lipinski definition) is 4. The Morgan fingerprint density at radius 3 is 2.62 bits per heavy atom. The van der Waals surface area contributed by atoms with Crippen LogP contribution in [0.2, 0.25) is 0 Å². The Morgan fingerprint density at radius 2 is 2.05 bits per heavy atom. The van der Waals surface area contributed by atoms with E-state index in [0.29, 0.717) is 18.2 Å². The van der Waals surface area contributed by atoms with E-state index in [9.17, 15) is 9.59 Å². The highest BCUT2D eigenvalue weighted by Gasteiger charge is 2.34. The number of carbonyl (C=O) groups is 2. The lowest BCUT2D eigenvalue weighted by molar-refractivity contribution is -0.119. The molecule has 0 aromatic heterocycles. The topological polar surface area (TPSA) is 87.8 Å². The monoisotopic (exact) mass is 288 g/mol. The van der Waals surface area contributed by atoms with E-state index in [1.165, 1.54) is 5.01 Å². The summed E-state index contributed by atoms with van der Waals surface area (Å²) in [6, 6.07) is 8.60. The number of para-hydroxylation sites is 1. The molecule has 1 atom stereocenters. The average Bonchev–Trinajstić information content (AvgIpc) is 2.91. The van der Waals surface area contributed by atoms with Gasteiger partial charge in [0, 0.05) is 13.0 Å².